The summed E-state index contributed by atoms with van der Waals surface area (Å²) in [5.74, 6) is 1.00. The normalized spacial score (nSPS) is 21.5. The summed E-state index contributed by atoms with van der Waals surface area (Å²) in [6.07, 6.45) is 7.81. The van der Waals surface area contributed by atoms with Crippen LogP contribution in [0.3, 0.4) is 0 Å². The van der Waals surface area contributed by atoms with E-state index in [-0.39, 0.29) is 0 Å². The molecule has 2 heterocycles. The number of likely N-dealkylation sites (N-methyl/N-ethyl adjacent to an activating group) is 1. The highest BCUT2D eigenvalue weighted by atomic mass is 15.2. The van der Waals surface area contributed by atoms with E-state index in [4.69, 9.17) is 0 Å². The molecule has 1 aliphatic heterocycles. The van der Waals surface area contributed by atoms with Gasteiger partial charge in [0.05, 0.1) is 6.20 Å². The van der Waals surface area contributed by atoms with Crippen LogP contribution >= 0.6 is 0 Å². The number of hydrogen-bond donors (Lipinski definition) is 1. The van der Waals surface area contributed by atoms with Crippen LogP contribution in [0.25, 0.3) is 0 Å². The van der Waals surface area contributed by atoms with Crippen LogP contribution in [-0.4, -0.2) is 36.1 Å². The minimum Gasteiger partial charge on any atom is -0.351 e. The maximum absolute atomic E-state index is 4.33. The summed E-state index contributed by atoms with van der Waals surface area (Å²) in [7, 11) is 1.99. The summed E-state index contributed by atoms with van der Waals surface area (Å²) in [5.41, 5.74) is 0. The second-order valence-electron chi connectivity index (χ2n) is 3.61. The van der Waals surface area contributed by atoms with Crippen molar-refractivity contribution in [2.24, 2.45) is 0 Å². The van der Waals surface area contributed by atoms with Gasteiger partial charge in [-0.2, -0.15) is 0 Å². The monoisotopic (exact) mass is 192 g/mol. The van der Waals surface area contributed by atoms with E-state index in [1.165, 1.54) is 12.8 Å². The predicted molar refractivity (Wildman–Crippen MR) is 56.3 cm³/mol. The second-order valence-corrected chi connectivity index (χ2v) is 3.61. The first-order valence-corrected chi connectivity index (χ1v) is 5.09. The molecular weight excluding hydrogens is 176 g/mol. The van der Waals surface area contributed by atoms with Gasteiger partial charge in [-0.1, -0.05) is 0 Å². The Morgan fingerprint density at radius 2 is 2.50 bits per heavy atom. The molecule has 14 heavy (non-hydrogen) atoms. The maximum Gasteiger partial charge on any atom is 0.147 e. The Balaban J connectivity index is 2.10. The third-order valence-corrected chi connectivity index (χ3v) is 2.66. The lowest BCUT2D eigenvalue weighted by atomic mass is 10.2. The summed E-state index contributed by atoms with van der Waals surface area (Å²) in [5, 5.41) is 3.22. The van der Waals surface area contributed by atoms with Gasteiger partial charge in [-0.25, -0.2) is 4.98 Å². The zero-order valence-electron chi connectivity index (χ0n) is 8.48. The van der Waals surface area contributed by atoms with Crippen molar-refractivity contribution in [1.82, 2.24) is 15.3 Å². The Bertz CT molecular complexity index is 275. The van der Waals surface area contributed by atoms with Crippen LogP contribution in [0.5, 0.6) is 0 Å². The van der Waals surface area contributed by atoms with Gasteiger partial charge in [0, 0.05) is 31.5 Å². The molecule has 0 aromatic carbocycles. The predicted octanol–water partition coefficient (Wildman–Crippen LogP) is 0.665. The quantitative estimate of drug-likeness (QED) is 0.764. The smallest absolute Gasteiger partial charge is 0.147 e. The minimum atomic E-state index is 0.580. The molecular formula is C10H16N4. The van der Waals surface area contributed by atoms with E-state index in [9.17, 15) is 0 Å². The third kappa shape index (κ3) is 1.85. The largest absolute Gasteiger partial charge is 0.351 e. The molecule has 76 valence electrons. The van der Waals surface area contributed by atoms with E-state index in [2.05, 4.69) is 20.2 Å². The van der Waals surface area contributed by atoms with Crippen molar-refractivity contribution in [3.63, 3.8) is 0 Å². The molecule has 0 spiro atoms. The van der Waals surface area contributed by atoms with Crippen LogP contribution < -0.4 is 10.2 Å². The Morgan fingerprint density at radius 3 is 3.21 bits per heavy atom. The topological polar surface area (TPSA) is 41.0 Å². The molecule has 4 nitrogen and oxygen atoms in total. The molecule has 1 saturated heterocycles. The molecule has 0 saturated carbocycles. The molecule has 1 aromatic rings. The highest BCUT2D eigenvalue weighted by Crippen LogP contribution is 2.21. The average molecular weight is 192 g/mol. The SMILES string of the molecule is CNCC1CCCN1c1cnccn1. The molecule has 2 rings (SSSR count). The van der Waals surface area contributed by atoms with Crippen molar-refractivity contribution >= 4 is 5.82 Å². The van der Waals surface area contributed by atoms with Crippen molar-refractivity contribution in [3.05, 3.63) is 18.6 Å². The maximum atomic E-state index is 4.33. The van der Waals surface area contributed by atoms with Gasteiger partial charge >= 0.3 is 0 Å². The lowest BCUT2D eigenvalue weighted by Gasteiger charge is -2.24. The fraction of sp³-hybridized carbons (Fsp3) is 0.600. The highest BCUT2D eigenvalue weighted by molar-refractivity contribution is 5.38. The molecule has 1 unspecified atom stereocenters. The molecule has 0 amide bonds. The van der Waals surface area contributed by atoms with Gasteiger partial charge in [-0.05, 0) is 19.9 Å². The molecule has 0 bridgehead atoms. The van der Waals surface area contributed by atoms with Crippen molar-refractivity contribution < 1.29 is 0 Å². The van der Waals surface area contributed by atoms with Gasteiger partial charge in [0.2, 0.25) is 0 Å². The number of aromatic nitrogens is 2. The minimum absolute atomic E-state index is 0.580. The number of nitrogens with zero attached hydrogens (tertiary/aromatic N) is 3. The lowest BCUT2D eigenvalue weighted by molar-refractivity contribution is 0.611. The van der Waals surface area contributed by atoms with Crippen molar-refractivity contribution in [2.75, 3.05) is 25.0 Å². The molecule has 1 atom stereocenters. The summed E-state index contributed by atoms with van der Waals surface area (Å²) >= 11 is 0. The Morgan fingerprint density at radius 1 is 1.57 bits per heavy atom. The van der Waals surface area contributed by atoms with Crippen LogP contribution in [0.15, 0.2) is 18.6 Å². The molecule has 1 fully saturated rings. The van der Waals surface area contributed by atoms with E-state index < -0.39 is 0 Å². The number of rotatable bonds is 3. The Kier molecular flexibility index (Phi) is 2.93. The zero-order chi connectivity index (χ0) is 9.80. The first kappa shape index (κ1) is 9.40. The van der Waals surface area contributed by atoms with Gasteiger partial charge in [0.1, 0.15) is 5.82 Å². The van der Waals surface area contributed by atoms with Gasteiger partial charge in [0.25, 0.3) is 0 Å². The molecule has 4 heteroatoms. The van der Waals surface area contributed by atoms with E-state index in [1.54, 1.807) is 12.4 Å². The Hall–Kier alpha value is -1.16. The fourth-order valence-electron chi connectivity index (χ4n) is 2.02. The highest BCUT2D eigenvalue weighted by Gasteiger charge is 2.24. The molecule has 0 radical (unpaired) electrons. The number of anilines is 1. The van der Waals surface area contributed by atoms with Crippen LogP contribution in [0.4, 0.5) is 5.82 Å². The lowest BCUT2D eigenvalue weighted by Crippen LogP contribution is -2.37. The molecule has 0 aliphatic carbocycles. The second kappa shape index (κ2) is 4.37. The first-order chi connectivity index (χ1) is 6.92. The standard InChI is InChI=1S/C10H16N4/c1-11-7-9-3-2-6-14(9)10-8-12-4-5-13-10/h4-5,8-9,11H,2-3,6-7H2,1H3. The van der Waals surface area contributed by atoms with E-state index in [1.807, 2.05) is 13.2 Å². The first-order valence-electron chi connectivity index (χ1n) is 5.09. The number of nitrogens with one attached hydrogen (secondary N) is 1. The summed E-state index contributed by atoms with van der Waals surface area (Å²) in [4.78, 5) is 10.8. The summed E-state index contributed by atoms with van der Waals surface area (Å²) in [6.45, 7) is 2.13. The summed E-state index contributed by atoms with van der Waals surface area (Å²) in [6, 6.07) is 0.580. The average Bonchev–Trinajstić information content (AvgIpc) is 2.68. The van der Waals surface area contributed by atoms with Crippen LogP contribution in [0.2, 0.25) is 0 Å². The van der Waals surface area contributed by atoms with Gasteiger partial charge in [-0.15, -0.1) is 0 Å². The van der Waals surface area contributed by atoms with E-state index in [0.29, 0.717) is 6.04 Å². The Labute approximate surface area is 84.4 Å². The molecule has 1 N–H and O–H groups in total. The van der Waals surface area contributed by atoms with Gasteiger partial charge in [0.15, 0.2) is 0 Å². The third-order valence-electron chi connectivity index (χ3n) is 2.66. The van der Waals surface area contributed by atoms with E-state index >= 15 is 0 Å². The number of hydrogen-bond acceptors (Lipinski definition) is 4. The zero-order valence-corrected chi connectivity index (χ0v) is 8.48. The molecule has 1 aliphatic rings. The van der Waals surface area contributed by atoms with Crippen LogP contribution in [0, 0.1) is 0 Å². The van der Waals surface area contributed by atoms with Crippen LogP contribution in [0.1, 0.15) is 12.8 Å². The van der Waals surface area contributed by atoms with Crippen molar-refractivity contribution in [1.29, 1.82) is 0 Å². The van der Waals surface area contributed by atoms with Crippen LogP contribution in [-0.2, 0) is 0 Å². The fourth-order valence-corrected chi connectivity index (χ4v) is 2.02. The van der Waals surface area contributed by atoms with Gasteiger partial charge < -0.3 is 10.2 Å². The van der Waals surface area contributed by atoms with Gasteiger partial charge in [-0.3, -0.25) is 4.98 Å². The van der Waals surface area contributed by atoms with Crippen molar-refractivity contribution in [3.8, 4) is 0 Å². The summed E-state index contributed by atoms with van der Waals surface area (Å²) < 4.78 is 0. The molecule has 1 aromatic heterocycles. The van der Waals surface area contributed by atoms with E-state index in [0.717, 1.165) is 18.9 Å². The van der Waals surface area contributed by atoms with Crippen molar-refractivity contribution in [2.45, 2.75) is 18.9 Å².